The zero-order valence-electron chi connectivity index (χ0n) is 11.9. The molecular formula is C15H19F3N2O. The van der Waals surface area contributed by atoms with Crippen molar-refractivity contribution in [2.45, 2.75) is 38.8 Å². The molecule has 1 amide bonds. The van der Waals surface area contributed by atoms with Crippen molar-refractivity contribution in [1.82, 2.24) is 5.32 Å². The number of hydrogen-bond acceptors (Lipinski definition) is 2. The minimum atomic E-state index is -4.48. The first-order valence-electron chi connectivity index (χ1n) is 7.02. The molecule has 116 valence electrons. The van der Waals surface area contributed by atoms with Gasteiger partial charge in [-0.15, -0.1) is 0 Å². The van der Waals surface area contributed by atoms with Crippen LogP contribution in [0, 0.1) is 5.41 Å². The number of nitrogens with one attached hydrogen (secondary N) is 1. The van der Waals surface area contributed by atoms with Gasteiger partial charge >= 0.3 is 6.18 Å². The fourth-order valence-corrected chi connectivity index (χ4v) is 2.51. The lowest BCUT2D eigenvalue weighted by Crippen LogP contribution is -2.31. The number of nitrogens with two attached hydrogens (primary N) is 1. The van der Waals surface area contributed by atoms with Gasteiger partial charge in [-0.2, -0.15) is 13.2 Å². The van der Waals surface area contributed by atoms with Crippen molar-refractivity contribution in [3.63, 3.8) is 0 Å². The van der Waals surface area contributed by atoms with Gasteiger partial charge in [0.1, 0.15) is 0 Å². The van der Waals surface area contributed by atoms with E-state index in [0.717, 1.165) is 43.9 Å². The van der Waals surface area contributed by atoms with E-state index in [1.165, 1.54) is 0 Å². The summed E-state index contributed by atoms with van der Waals surface area (Å²) in [5, 5.41) is 2.72. The molecule has 0 spiro atoms. The van der Waals surface area contributed by atoms with Crippen molar-refractivity contribution >= 4 is 11.6 Å². The van der Waals surface area contributed by atoms with E-state index in [0.29, 0.717) is 6.54 Å². The number of benzene rings is 1. The Kier molecular flexibility index (Phi) is 4.16. The van der Waals surface area contributed by atoms with Crippen LogP contribution in [0.5, 0.6) is 0 Å². The Morgan fingerprint density at radius 3 is 2.57 bits per heavy atom. The standard InChI is InChI=1S/C15H19F3N2O/c1-2-5-14(6-7-14)9-20-13(21)11-8-10(15(16,17)18)3-4-12(11)19/h3-4,8H,2,5-7,9,19H2,1H3,(H,20,21). The molecule has 21 heavy (non-hydrogen) atoms. The summed E-state index contributed by atoms with van der Waals surface area (Å²) < 4.78 is 38.0. The second-order valence-electron chi connectivity index (χ2n) is 5.73. The third kappa shape index (κ3) is 3.68. The van der Waals surface area contributed by atoms with Crippen LogP contribution < -0.4 is 11.1 Å². The van der Waals surface area contributed by atoms with E-state index in [2.05, 4.69) is 12.2 Å². The molecule has 2 rings (SSSR count). The first kappa shape index (κ1) is 15.7. The number of nitrogen functional groups attached to an aromatic ring is 1. The maximum Gasteiger partial charge on any atom is 0.416 e. The molecule has 0 bridgehead atoms. The summed E-state index contributed by atoms with van der Waals surface area (Å²) in [6.45, 7) is 2.57. The number of amides is 1. The van der Waals surface area contributed by atoms with Gasteiger partial charge in [-0.3, -0.25) is 4.79 Å². The Hall–Kier alpha value is -1.72. The van der Waals surface area contributed by atoms with Gasteiger partial charge in [0.05, 0.1) is 11.1 Å². The summed E-state index contributed by atoms with van der Waals surface area (Å²) in [5.41, 5.74) is 4.84. The van der Waals surface area contributed by atoms with Crippen LogP contribution in [0.2, 0.25) is 0 Å². The first-order chi connectivity index (χ1) is 9.77. The van der Waals surface area contributed by atoms with Crippen LogP contribution in [0.15, 0.2) is 18.2 Å². The number of alkyl halides is 3. The molecule has 0 unspecified atom stereocenters. The predicted octanol–water partition coefficient (Wildman–Crippen LogP) is 3.60. The zero-order valence-corrected chi connectivity index (χ0v) is 11.9. The fourth-order valence-electron chi connectivity index (χ4n) is 2.51. The molecule has 1 aromatic carbocycles. The molecule has 3 nitrogen and oxygen atoms in total. The van der Waals surface area contributed by atoms with Crippen molar-refractivity contribution in [1.29, 1.82) is 0 Å². The quantitative estimate of drug-likeness (QED) is 0.816. The fraction of sp³-hybridized carbons (Fsp3) is 0.533. The summed E-state index contributed by atoms with van der Waals surface area (Å²) in [5.74, 6) is -0.541. The molecule has 6 heteroatoms. The smallest absolute Gasteiger partial charge is 0.398 e. The minimum absolute atomic E-state index is 0.0563. The third-order valence-electron chi connectivity index (χ3n) is 3.99. The van der Waals surface area contributed by atoms with Gasteiger partial charge in [0, 0.05) is 12.2 Å². The number of rotatable bonds is 5. The number of carbonyl (C=O) groups excluding carboxylic acids is 1. The molecule has 0 radical (unpaired) electrons. The molecule has 0 saturated heterocycles. The van der Waals surface area contributed by atoms with Crippen LogP contribution in [0.3, 0.4) is 0 Å². The Labute approximate surface area is 121 Å². The third-order valence-corrected chi connectivity index (χ3v) is 3.99. The summed E-state index contributed by atoms with van der Waals surface area (Å²) in [6.07, 6.45) is -0.325. The Morgan fingerprint density at radius 2 is 2.05 bits per heavy atom. The molecule has 0 aliphatic heterocycles. The van der Waals surface area contributed by atoms with Crippen molar-refractivity contribution in [2.75, 3.05) is 12.3 Å². The highest BCUT2D eigenvalue weighted by Crippen LogP contribution is 2.49. The van der Waals surface area contributed by atoms with Gasteiger partial charge in [-0.25, -0.2) is 0 Å². The van der Waals surface area contributed by atoms with Crippen molar-refractivity contribution in [3.05, 3.63) is 29.3 Å². The van der Waals surface area contributed by atoms with Crippen LogP contribution in [0.1, 0.15) is 48.5 Å². The SMILES string of the molecule is CCCC1(CNC(=O)c2cc(C(F)(F)F)ccc2N)CC1. The number of carbonyl (C=O) groups is 1. The summed E-state index contributed by atoms with van der Waals surface area (Å²) in [4.78, 5) is 12.1. The topological polar surface area (TPSA) is 55.1 Å². The molecule has 0 heterocycles. The van der Waals surface area contributed by atoms with Crippen LogP contribution in [0.25, 0.3) is 0 Å². The number of anilines is 1. The highest BCUT2D eigenvalue weighted by Gasteiger charge is 2.41. The minimum Gasteiger partial charge on any atom is -0.398 e. The lowest BCUT2D eigenvalue weighted by molar-refractivity contribution is -0.137. The Balaban J connectivity index is 2.08. The van der Waals surface area contributed by atoms with Gasteiger partial charge in [0.15, 0.2) is 0 Å². The van der Waals surface area contributed by atoms with Crippen molar-refractivity contribution < 1.29 is 18.0 Å². The summed E-state index contributed by atoms with van der Waals surface area (Å²) in [6, 6.07) is 2.81. The van der Waals surface area contributed by atoms with Gasteiger partial charge in [-0.05, 0) is 42.9 Å². The monoisotopic (exact) mass is 300 g/mol. The van der Waals surface area contributed by atoms with E-state index in [-0.39, 0.29) is 16.7 Å². The predicted molar refractivity (Wildman–Crippen MR) is 74.8 cm³/mol. The highest BCUT2D eigenvalue weighted by molar-refractivity contribution is 5.99. The Morgan fingerprint density at radius 1 is 1.38 bits per heavy atom. The average molecular weight is 300 g/mol. The van der Waals surface area contributed by atoms with Crippen molar-refractivity contribution in [2.24, 2.45) is 5.41 Å². The number of halogens is 3. The van der Waals surface area contributed by atoms with Crippen LogP contribution in [-0.2, 0) is 6.18 Å². The van der Waals surface area contributed by atoms with E-state index < -0.39 is 17.6 Å². The maximum atomic E-state index is 12.7. The second kappa shape index (κ2) is 5.58. The van der Waals surface area contributed by atoms with Crippen LogP contribution in [0.4, 0.5) is 18.9 Å². The molecule has 1 saturated carbocycles. The van der Waals surface area contributed by atoms with E-state index >= 15 is 0 Å². The van der Waals surface area contributed by atoms with E-state index in [4.69, 9.17) is 5.73 Å². The molecule has 0 aromatic heterocycles. The number of hydrogen-bond donors (Lipinski definition) is 2. The maximum absolute atomic E-state index is 12.7. The normalized spacial score (nSPS) is 16.6. The average Bonchev–Trinajstić information content (AvgIpc) is 3.16. The largest absolute Gasteiger partial charge is 0.416 e. The molecule has 1 aliphatic carbocycles. The lowest BCUT2D eigenvalue weighted by Gasteiger charge is -2.16. The van der Waals surface area contributed by atoms with Crippen LogP contribution >= 0.6 is 0 Å². The molecule has 1 aliphatic rings. The molecule has 0 atom stereocenters. The van der Waals surface area contributed by atoms with E-state index in [1.807, 2.05) is 0 Å². The second-order valence-corrected chi connectivity index (χ2v) is 5.73. The van der Waals surface area contributed by atoms with Crippen LogP contribution in [-0.4, -0.2) is 12.5 Å². The van der Waals surface area contributed by atoms with E-state index in [1.54, 1.807) is 0 Å². The molecule has 1 aromatic rings. The highest BCUT2D eigenvalue weighted by atomic mass is 19.4. The summed E-state index contributed by atoms with van der Waals surface area (Å²) in [7, 11) is 0. The zero-order chi connectivity index (χ0) is 15.7. The first-order valence-corrected chi connectivity index (χ1v) is 7.02. The molecule has 3 N–H and O–H groups in total. The van der Waals surface area contributed by atoms with Gasteiger partial charge in [-0.1, -0.05) is 13.3 Å². The van der Waals surface area contributed by atoms with E-state index in [9.17, 15) is 18.0 Å². The van der Waals surface area contributed by atoms with Crippen molar-refractivity contribution in [3.8, 4) is 0 Å². The molecular weight excluding hydrogens is 281 g/mol. The van der Waals surface area contributed by atoms with Gasteiger partial charge in [0.25, 0.3) is 5.91 Å². The van der Waals surface area contributed by atoms with Gasteiger partial charge in [0.2, 0.25) is 0 Å². The Bertz CT molecular complexity index is 536. The molecule has 1 fully saturated rings. The van der Waals surface area contributed by atoms with Gasteiger partial charge < -0.3 is 11.1 Å². The summed E-state index contributed by atoms with van der Waals surface area (Å²) >= 11 is 0. The lowest BCUT2D eigenvalue weighted by atomic mass is 10.0.